The van der Waals surface area contributed by atoms with Gasteiger partial charge in [-0.05, 0) is 49.9 Å². The molecule has 0 saturated carbocycles. The van der Waals surface area contributed by atoms with Gasteiger partial charge in [0, 0.05) is 12.3 Å². The van der Waals surface area contributed by atoms with Crippen LogP contribution in [0.15, 0.2) is 18.3 Å². The fourth-order valence-corrected chi connectivity index (χ4v) is 2.12. The number of pyridine rings is 1. The summed E-state index contributed by atoms with van der Waals surface area (Å²) in [4.78, 5) is 4.11. The van der Waals surface area contributed by atoms with Crippen LogP contribution in [0.5, 0.6) is 5.88 Å². The lowest BCUT2D eigenvalue weighted by Gasteiger charge is -2.22. The van der Waals surface area contributed by atoms with Crippen LogP contribution in [-0.2, 0) is 6.42 Å². The number of nitrogens with zero attached hydrogens (tertiary/aromatic N) is 1. The largest absolute Gasteiger partial charge is 0.481 e. The molecule has 1 saturated heterocycles. The van der Waals surface area contributed by atoms with Gasteiger partial charge in [-0.1, -0.05) is 0 Å². The van der Waals surface area contributed by atoms with E-state index in [1.54, 1.807) is 7.11 Å². The predicted octanol–water partition coefficient (Wildman–Crippen LogP) is 1.63. The number of ether oxygens (including phenoxy) is 1. The average Bonchev–Trinajstić information content (AvgIpc) is 2.31. The minimum Gasteiger partial charge on any atom is -0.481 e. The first-order valence-electron chi connectivity index (χ1n) is 5.58. The lowest BCUT2D eigenvalue weighted by atomic mass is 9.93. The zero-order valence-electron chi connectivity index (χ0n) is 9.20. The summed E-state index contributed by atoms with van der Waals surface area (Å²) in [5.41, 5.74) is 1.33. The Morgan fingerprint density at radius 2 is 2.53 bits per heavy atom. The molecule has 0 spiro atoms. The van der Waals surface area contributed by atoms with E-state index in [9.17, 15) is 0 Å². The highest BCUT2D eigenvalue weighted by atomic mass is 16.5. The van der Waals surface area contributed by atoms with Gasteiger partial charge in [0.05, 0.1) is 7.11 Å². The molecule has 0 radical (unpaired) electrons. The van der Waals surface area contributed by atoms with Gasteiger partial charge in [0.15, 0.2) is 0 Å². The van der Waals surface area contributed by atoms with E-state index in [0.29, 0.717) is 0 Å². The second-order valence-electron chi connectivity index (χ2n) is 4.12. The van der Waals surface area contributed by atoms with Crippen molar-refractivity contribution >= 4 is 0 Å². The van der Waals surface area contributed by atoms with Crippen LogP contribution in [0.4, 0.5) is 0 Å². The smallest absolute Gasteiger partial charge is 0.213 e. The summed E-state index contributed by atoms with van der Waals surface area (Å²) in [6.45, 7) is 2.32. The molecule has 82 valence electrons. The van der Waals surface area contributed by atoms with Crippen molar-refractivity contribution in [3.63, 3.8) is 0 Å². The normalized spacial score (nSPS) is 21.3. The van der Waals surface area contributed by atoms with Gasteiger partial charge in [-0.25, -0.2) is 4.98 Å². The van der Waals surface area contributed by atoms with Crippen molar-refractivity contribution in [2.24, 2.45) is 5.92 Å². The van der Waals surface area contributed by atoms with Gasteiger partial charge >= 0.3 is 0 Å². The van der Waals surface area contributed by atoms with Crippen molar-refractivity contribution in [1.82, 2.24) is 10.3 Å². The Morgan fingerprint density at radius 3 is 3.27 bits per heavy atom. The highest BCUT2D eigenvalue weighted by Crippen LogP contribution is 2.18. The summed E-state index contributed by atoms with van der Waals surface area (Å²) in [5, 5.41) is 3.44. The fourth-order valence-electron chi connectivity index (χ4n) is 2.12. The molecule has 1 aromatic rings. The van der Waals surface area contributed by atoms with Crippen molar-refractivity contribution in [3.05, 3.63) is 23.9 Å². The first-order valence-corrected chi connectivity index (χ1v) is 5.58. The third-order valence-electron chi connectivity index (χ3n) is 2.93. The monoisotopic (exact) mass is 206 g/mol. The van der Waals surface area contributed by atoms with Crippen molar-refractivity contribution in [2.75, 3.05) is 20.2 Å². The summed E-state index contributed by atoms with van der Waals surface area (Å²) in [6, 6.07) is 4.12. The molecule has 1 N–H and O–H groups in total. The van der Waals surface area contributed by atoms with Crippen molar-refractivity contribution in [2.45, 2.75) is 19.3 Å². The summed E-state index contributed by atoms with van der Waals surface area (Å²) in [7, 11) is 1.66. The highest BCUT2D eigenvalue weighted by molar-refractivity contribution is 5.20. The first-order chi connectivity index (χ1) is 7.38. The maximum Gasteiger partial charge on any atom is 0.213 e. The van der Waals surface area contributed by atoms with Gasteiger partial charge in [-0.2, -0.15) is 0 Å². The van der Waals surface area contributed by atoms with Gasteiger partial charge in [-0.3, -0.25) is 0 Å². The van der Waals surface area contributed by atoms with Gasteiger partial charge in [-0.15, -0.1) is 0 Å². The van der Waals surface area contributed by atoms with Crippen LogP contribution < -0.4 is 10.1 Å². The Kier molecular flexibility index (Phi) is 3.56. The van der Waals surface area contributed by atoms with Crippen LogP contribution in [0, 0.1) is 5.92 Å². The standard InChI is InChI=1S/C12H18N2O/c1-15-12-8-10(4-6-14-12)7-11-3-2-5-13-9-11/h4,6,8,11,13H,2-3,5,7,9H2,1H3. The maximum atomic E-state index is 5.12. The third-order valence-corrected chi connectivity index (χ3v) is 2.93. The highest BCUT2D eigenvalue weighted by Gasteiger charge is 2.13. The summed E-state index contributed by atoms with van der Waals surface area (Å²) in [6.07, 6.45) is 5.58. The van der Waals surface area contributed by atoms with Crippen LogP contribution in [-0.4, -0.2) is 25.2 Å². The molecule has 0 aromatic carbocycles. The van der Waals surface area contributed by atoms with Crippen LogP contribution in [0.25, 0.3) is 0 Å². The van der Waals surface area contributed by atoms with Gasteiger partial charge in [0.1, 0.15) is 0 Å². The molecule has 1 aliphatic rings. The zero-order chi connectivity index (χ0) is 10.5. The van der Waals surface area contributed by atoms with E-state index in [4.69, 9.17) is 4.74 Å². The van der Waals surface area contributed by atoms with E-state index >= 15 is 0 Å². The quantitative estimate of drug-likeness (QED) is 0.816. The minimum absolute atomic E-state index is 0.719. The van der Waals surface area contributed by atoms with Crippen LogP contribution in [0.2, 0.25) is 0 Å². The van der Waals surface area contributed by atoms with E-state index in [-0.39, 0.29) is 0 Å². The minimum atomic E-state index is 0.719. The number of nitrogens with one attached hydrogen (secondary N) is 1. The summed E-state index contributed by atoms with van der Waals surface area (Å²) >= 11 is 0. The molecule has 1 fully saturated rings. The number of rotatable bonds is 3. The Morgan fingerprint density at radius 1 is 1.60 bits per heavy atom. The predicted molar refractivity (Wildman–Crippen MR) is 60.1 cm³/mol. The third kappa shape index (κ3) is 2.93. The maximum absolute atomic E-state index is 5.12. The van der Waals surface area contributed by atoms with Crippen molar-refractivity contribution in [3.8, 4) is 5.88 Å². The molecule has 0 amide bonds. The molecule has 2 rings (SSSR count). The SMILES string of the molecule is COc1cc(CC2CCCNC2)ccn1. The van der Waals surface area contributed by atoms with Crippen molar-refractivity contribution in [1.29, 1.82) is 0 Å². The Balaban J connectivity index is 1.96. The lowest BCUT2D eigenvalue weighted by Crippen LogP contribution is -2.30. The molecular formula is C12H18N2O. The van der Waals surface area contributed by atoms with Crippen molar-refractivity contribution < 1.29 is 4.74 Å². The Labute approximate surface area is 90.9 Å². The molecule has 15 heavy (non-hydrogen) atoms. The first kappa shape index (κ1) is 10.4. The average molecular weight is 206 g/mol. The van der Waals surface area contributed by atoms with Crippen LogP contribution >= 0.6 is 0 Å². The molecule has 2 heterocycles. The number of methoxy groups -OCH3 is 1. The van der Waals surface area contributed by atoms with Gasteiger partial charge < -0.3 is 10.1 Å². The van der Waals surface area contributed by atoms with Crippen LogP contribution in [0.1, 0.15) is 18.4 Å². The molecule has 1 atom stereocenters. The lowest BCUT2D eigenvalue weighted by molar-refractivity contribution is 0.373. The van der Waals surface area contributed by atoms with E-state index in [1.807, 2.05) is 12.3 Å². The molecule has 1 aromatic heterocycles. The van der Waals surface area contributed by atoms with E-state index < -0.39 is 0 Å². The molecule has 0 bridgehead atoms. The summed E-state index contributed by atoms with van der Waals surface area (Å²) in [5.74, 6) is 1.49. The Hall–Kier alpha value is -1.09. The number of hydrogen-bond acceptors (Lipinski definition) is 3. The van der Waals surface area contributed by atoms with E-state index in [1.165, 1.54) is 24.9 Å². The number of aromatic nitrogens is 1. The number of piperidine rings is 1. The molecule has 1 aliphatic heterocycles. The van der Waals surface area contributed by atoms with E-state index in [2.05, 4.69) is 16.4 Å². The number of hydrogen-bond donors (Lipinski definition) is 1. The molecule has 3 nitrogen and oxygen atoms in total. The molecule has 1 unspecified atom stereocenters. The van der Waals surface area contributed by atoms with Gasteiger partial charge in [0.2, 0.25) is 5.88 Å². The molecule has 0 aliphatic carbocycles. The van der Waals surface area contributed by atoms with Crippen LogP contribution in [0.3, 0.4) is 0 Å². The zero-order valence-corrected chi connectivity index (χ0v) is 9.20. The Bertz CT molecular complexity index is 308. The molecular weight excluding hydrogens is 188 g/mol. The fraction of sp³-hybridized carbons (Fsp3) is 0.583. The molecule has 3 heteroatoms. The van der Waals surface area contributed by atoms with E-state index in [0.717, 1.165) is 24.8 Å². The van der Waals surface area contributed by atoms with Gasteiger partial charge in [0.25, 0.3) is 0 Å². The second-order valence-corrected chi connectivity index (χ2v) is 4.12. The second kappa shape index (κ2) is 5.12. The summed E-state index contributed by atoms with van der Waals surface area (Å²) < 4.78 is 5.12. The topological polar surface area (TPSA) is 34.1 Å².